The van der Waals surface area contributed by atoms with Gasteiger partial charge in [0.1, 0.15) is 11.5 Å². The minimum Gasteiger partial charge on any atom is -0.496 e. The lowest BCUT2D eigenvalue weighted by Crippen LogP contribution is -2.13. The molecule has 18 heavy (non-hydrogen) atoms. The van der Waals surface area contributed by atoms with Crippen molar-refractivity contribution in [3.8, 4) is 11.5 Å². The zero-order valence-electron chi connectivity index (χ0n) is 10.9. The second-order valence-corrected chi connectivity index (χ2v) is 3.85. The summed E-state index contributed by atoms with van der Waals surface area (Å²) in [6.07, 6.45) is 0.730. The molecule has 5 nitrogen and oxygen atoms in total. The Bertz CT molecular complexity index is 418. The zero-order valence-corrected chi connectivity index (χ0v) is 10.9. The van der Waals surface area contributed by atoms with Gasteiger partial charge in [0, 0.05) is 18.6 Å². The first kappa shape index (κ1) is 14.3. The second kappa shape index (κ2) is 6.86. The zero-order chi connectivity index (χ0) is 13.5. The van der Waals surface area contributed by atoms with E-state index in [2.05, 4.69) is 5.32 Å². The van der Waals surface area contributed by atoms with E-state index in [4.69, 9.17) is 14.6 Å². The highest BCUT2D eigenvalue weighted by Gasteiger charge is 2.13. The molecule has 0 radical (unpaired) electrons. The molecule has 0 atom stereocenters. The van der Waals surface area contributed by atoms with Crippen LogP contribution in [0.15, 0.2) is 12.1 Å². The fourth-order valence-corrected chi connectivity index (χ4v) is 1.71. The normalized spacial score (nSPS) is 10.0. The molecule has 0 heterocycles. The molecule has 1 aromatic carbocycles. The highest BCUT2D eigenvalue weighted by atomic mass is 16.5. The molecule has 0 aliphatic rings. The molecule has 0 saturated carbocycles. The van der Waals surface area contributed by atoms with Crippen LogP contribution in [0.4, 0.5) is 5.69 Å². The van der Waals surface area contributed by atoms with E-state index < -0.39 is 0 Å². The summed E-state index contributed by atoms with van der Waals surface area (Å²) < 4.78 is 10.5. The van der Waals surface area contributed by atoms with Gasteiger partial charge in [-0.2, -0.15) is 0 Å². The fourth-order valence-electron chi connectivity index (χ4n) is 1.71. The highest BCUT2D eigenvalue weighted by molar-refractivity contribution is 5.92. The Morgan fingerprint density at radius 2 is 2.06 bits per heavy atom. The molecule has 0 fully saturated rings. The fraction of sp³-hybridized carbons (Fsp3) is 0.462. The van der Waals surface area contributed by atoms with Gasteiger partial charge < -0.3 is 19.9 Å². The molecule has 0 aliphatic carbocycles. The molecule has 2 N–H and O–H groups in total. The molecular weight excluding hydrogens is 234 g/mol. The number of hydrogen-bond acceptors (Lipinski definition) is 4. The van der Waals surface area contributed by atoms with Crippen molar-refractivity contribution >= 4 is 11.6 Å². The number of benzene rings is 1. The van der Waals surface area contributed by atoms with Gasteiger partial charge in [-0.15, -0.1) is 0 Å². The summed E-state index contributed by atoms with van der Waals surface area (Å²) in [5.74, 6) is 1.15. The van der Waals surface area contributed by atoms with E-state index in [0.717, 1.165) is 5.56 Å². The summed E-state index contributed by atoms with van der Waals surface area (Å²) >= 11 is 0. The number of rotatable bonds is 6. The number of carbonyl (C=O) groups is 1. The number of anilines is 1. The Morgan fingerprint density at radius 1 is 1.33 bits per heavy atom. The molecule has 1 aromatic rings. The highest BCUT2D eigenvalue weighted by Crippen LogP contribution is 2.34. The number of aliphatic hydroxyl groups is 1. The molecule has 0 aliphatic heterocycles. The molecule has 0 unspecified atom stereocenters. The third kappa shape index (κ3) is 3.37. The van der Waals surface area contributed by atoms with Gasteiger partial charge in [-0.3, -0.25) is 4.79 Å². The van der Waals surface area contributed by atoms with Crippen molar-refractivity contribution in [1.82, 2.24) is 0 Å². The Balaban J connectivity index is 2.89. The number of ether oxygens (including phenoxy) is 2. The average molecular weight is 253 g/mol. The van der Waals surface area contributed by atoms with Crippen molar-refractivity contribution in [3.63, 3.8) is 0 Å². The van der Waals surface area contributed by atoms with Crippen LogP contribution >= 0.6 is 0 Å². The van der Waals surface area contributed by atoms with Crippen LogP contribution in [0, 0.1) is 6.92 Å². The largest absolute Gasteiger partial charge is 0.496 e. The van der Waals surface area contributed by atoms with Crippen LogP contribution < -0.4 is 14.8 Å². The molecule has 0 saturated heterocycles. The van der Waals surface area contributed by atoms with Crippen LogP contribution in [-0.2, 0) is 4.79 Å². The standard InChI is InChI=1S/C13H19NO4/c1-9-11(17-2)7-6-10(13(9)18-3)14-12(16)5-4-8-15/h6-7,15H,4-5,8H2,1-3H3,(H,14,16). The van der Waals surface area contributed by atoms with Crippen LogP contribution in [-0.4, -0.2) is 31.8 Å². The van der Waals surface area contributed by atoms with E-state index >= 15 is 0 Å². The van der Waals surface area contributed by atoms with E-state index in [1.165, 1.54) is 0 Å². The maximum absolute atomic E-state index is 11.6. The first-order valence-corrected chi connectivity index (χ1v) is 5.76. The van der Waals surface area contributed by atoms with E-state index in [-0.39, 0.29) is 18.9 Å². The molecule has 1 rings (SSSR count). The number of carbonyl (C=O) groups excluding carboxylic acids is 1. The maximum Gasteiger partial charge on any atom is 0.224 e. The summed E-state index contributed by atoms with van der Waals surface area (Å²) in [7, 11) is 3.13. The van der Waals surface area contributed by atoms with E-state index in [1.807, 2.05) is 6.92 Å². The van der Waals surface area contributed by atoms with Crippen LogP contribution in [0.2, 0.25) is 0 Å². The van der Waals surface area contributed by atoms with E-state index in [0.29, 0.717) is 23.6 Å². The van der Waals surface area contributed by atoms with Crippen molar-refractivity contribution in [2.24, 2.45) is 0 Å². The molecule has 0 bridgehead atoms. The number of nitrogens with one attached hydrogen (secondary N) is 1. The van der Waals surface area contributed by atoms with Gasteiger partial charge in [0.25, 0.3) is 0 Å². The molecule has 5 heteroatoms. The van der Waals surface area contributed by atoms with Crippen molar-refractivity contribution in [3.05, 3.63) is 17.7 Å². The van der Waals surface area contributed by atoms with Crippen LogP contribution in [0.5, 0.6) is 11.5 Å². The summed E-state index contributed by atoms with van der Waals surface area (Å²) in [5, 5.41) is 11.4. The molecule has 0 spiro atoms. The quantitative estimate of drug-likeness (QED) is 0.810. The summed E-state index contributed by atoms with van der Waals surface area (Å²) in [6.45, 7) is 1.87. The van der Waals surface area contributed by atoms with Crippen molar-refractivity contribution in [1.29, 1.82) is 0 Å². The van der Waals surface area contributed by atoms with E-state index in [9.17, 15) is 4.79 Å². The minimum absolute atomic E-state index is 0.00615. The Morgan fingerprint density at radius 3 is 2.61 bits per heavy atom. The van der Waals surface area contributed by atoms with Gasteiger partial charge >= 0.3 is 0 Å². The minimum atomic E-state index is -0.146. The van der Waals surface area contributed by atoms with Gasteiger partial charge in [0.05, 0.1) is 19.9 Å². The lowest BCUT2D eigenvalue weighted by atomic mass is 10.1. The Kier molecular flexibility index (Phi) is 5.45. The Hall–Kier alpha value is -1.75. The lowest BCUT2D eigenvalue weighted by molar-refractivity contribution is -0.116. The predicted molar refractivity (Wildman–Crippen MR) is 69.2 cm³/mol. The predicted octanol–water partition coefficient (Wildman–Crippen LogP) is 1.72. The van der Waals surface area contributed by atoms with E-state index in [1.54, 1.807) is 26.4 Å². The van der Waals surface area contributed by atoms with Gasteiger partial charge in [-0.1, -0.05) is 0 Å². The first-order chi connectivity index (χ1) is 8.63. The third-order valence-electron chi connectivity index (χ3n) is 2.62. The second-order valence-electron chi connectivity index (χ2n) is 3.85. The van der Waals surface area contributed by atoms with Gasteiger partial charge in [0.2, 0.25) is 5.91 Å². The molecular formula is C13H19NO4. The monoisotopic (exact) mass is 253 g/mol. The van der Waals surface area contributed by atoms with Crippen LogP contribution in [0.3, 0.4) is 0 Å². The van der Waals surface area contributed by atoms with Gasteiger partial charge in [-0.25, -0.2) is 0 Å². The van der Waals surface area contributed by atoms with Crippen molar-refractivity contribution in [2.75, 3.05) is 26.1 Å². The average Bonchev–Trinajstić information content (AvgIpc) is 2.37. The van der Waals surface area contributed by atoms with Crippen molar-refractivity contribution in [2.45, 2.75) is 19.8 Å². The number of methoxy groups -OCH3 is 2. The third-order valence-corrected chi connectivity index (χ3v) is 2.62. The van der Waals surface area contributed by atoms with Crippen LogP contribution in [0.25, 0.3) is 0 Å². The topological polar surface area (TPSA) is 67.8 Å². The molecule has 100 valence electrons. The summed E-state index contributed by atoms with van der Waals surface area (Å²) in [5.41, 5.74) is 1.44. The summed E-state index contributed by atoms with van der Waals surface area (Å²) in [6, 6.07) is 3.51. The number of hydrogen-bond donors (Lipinski definition) is 2. The maximum atomic E-state index is 11.6. The number of amides is 1. The van der Waals surface area contributed by atoms with Gasteiger partial charge in [-0.05, 0) is 25.5 Å². The van der Waals surface area contributed by atoms with Gasteiger partial charge in [0.15, 0.2) is 0 Å². The number of aliphatic hydroxyl groups excluding tert-OH is 1. The lowest BCUT2D eigenvalue weighted by Gasteiger charge is -2.15. The van der Waals surface area contributed by atoms with Crippen LogP contribution in [0.1, 0.15) is 18.4 Å². The molecule has 0 aromatic heterocycles. The Labute approximate surface area is 107 Å². The smallest absolute Gasteiger partial charge is 0.224 e. The van der Waals surface area contributed by atoms with Crippen molar-refractivity contribution < 1.29 is 19.4 Å². The SMILES string of the molecule is COc1ccc(NC(=O)CCCO)c(OC)c1C. The molecule has 1 amide bonds. The first-order valence-electron chi connectivity index (χ1n) is 5.76. The summed E-state index contributed by atoms with van der Waals surface area (Å²) in [4.78, 5) is 11.6.